The molecular weight excluding hydrogens is 422 g/mol. The van der Waals surface area contributed by atoms with Crippen LogP contribution in [0.1, 0.15) is 36.6 Å². The number of hydrogen-bond acceptors (Lipinski definition) is 6. The number of fused-ring (bicyclic) bond motifs is 3. The Kier molecular flexibility index (Phi) is 4.99. The fourth-order valence-electron chi connectivity index (χ4n) is 5.18. The maximum atomic E-state index is 5.20. The first kappa shape index (κ1) is 21.4. The summed E-state index contributed by atoms with van der Waals surface area (Å²) in [6, 6.07) is 10.9. The van der Waals surface area contributed by atoms with Gasteiger partial charge in [0, 0.05) is 38.3 Å². The van der Waals surface area contributed by atoms with Gasteiger partial charge in [-0.25, -0.2) is 9.98 Å². The summed E-state index contributed by atoms with van der Waals surface area (Å²) in [6.07, 6.45) is 5.76. The number of aryl methyl sites for hydroxylation is 1. The van der Waals surface area contributed by atoms with Crippen LogP contribution >= 0.6 is 0 Å². The molecule has 1 N–H and O–H groups in total. The van der Waals surface area contributed by atoms with Crippen LogP contribution in [-0.4, -0.2) is 65.5 Å². The lowest BCUT2D eigenvalue weighted by molar-refractivity contribution is 0.425. The molecule has 0 radical (unpaired) electrons. The van der Waals surface area contributed by atoms with E-state index < -0.39 is 0 Å². The molecule has 1 aliphatic carbocycles. The predicted octanol–water partition coefficient (Wildman–Crippen LogP) is 4.23. The summed E-state index contributed by atoms with van der Waals surface area (Å²) in [6.45, 7) is 8.32. The lowest BCUT2D eigenvalue weighted by Crippen LogP contribution is -2.23. The molecule has 0 spiro atoms. The van der Waals surface area contributed by atoms with Crippen molar-refractivity contribution < 1.29 is 0 Å². The standard InChI is InChI=1S/C27H33N7/c1-18-7-8-19-14-20-17-27(20,2)26(29-21(19)13-18)22-15-25-30-24(33-10-5-6-11-33)16-23(34(25)31-22)28-9-12-32(3)4/h7-8,13,15-17,28H,5-6,9-12,14H2,1-4H3. The number of rotatable bonds is 6. The zero-order chi connectivity index (χ0) is 23.4. The van der Waals surface area contributed by atoms with Crippen molar-refractivity contribution in [2.24, 2.45) is 10.4 Å². The van der Waals surface area contributed by atoms with E-state index in [0.717, 1.165) is 67.0 Å². The van der Waals surface area contributed by atoms with Crippen molar-refractivity contribution in [1.29, 1.82) is 0 Å². The van der Waals surface area contributed by atoms with Gasteiger partial charge < -0.3 is 15.1 Å². The van der Waals surface area contributed by atoms with Crippen molar-refractivity contribution >= 4 is 28.7 Å². The molecule has 2 aliphatic heterocycles. The largest absolute Gasteiger partial charge is 0.369 e. The highest BCUT2D eigenvalue weighted by Crippen LogP contribution is 2.51. The molecule has 176 valence electrons. The minimum atomic E-state index is -0.124. The van der Waals surface area contributed by atoms with E-state index in [2.05, 4.69) is 79.5 Å². The van der Waals surface area contributed by atoms with Gasteiger partial charge in [-0.2, -0.15) is 9.61 Å². The summed E-state index contributed by atoms with van der Waals surface area (Å²) in [4.78, 5) is 14.8. The molecule has 1 unspecified atom stereocenters. The summed E-state index contributed by atoms with van der Waals surface area (Å²) >= 11 is 0. The predicted molar refractivity (Wildman–Crippen MR) is 139 cm³/mol. The van der Waals surface area contributed by atoms with Crippen molar-refractivity contribution in [3.8, 4) is 0 Å². The van der Waals surface area contributed by atoms with E-state index in [1.807, 2.05) is 4.52 Å². The Morgan fingerprint density at radius 3 is 2.74 bits per heavy atom. The molecule has 0 amide bonds. The molecule has 1 fully saturated rings. The molecule has 2 aromatic heterocycles. The highest BCUT2D eigenvalue weighted by molar-refractivity contribution is 6.11. The summed E-state index contributed by atoms with van der Waals surface area (Å²) in [5.41, 5.74) is 7.70. The first-order valence-electron chi connectivity index (χ1n) is 12.4. The minimum Gasteiger partial charge on any atom is -0.369 e. The van der Waals surface area contributed by atoms with Gasteiger partial charge >= 0.3 is 0 Å². The van der Waals surface area contributed by atoms with Gasteiger partial charge in [-0.1, -0.05) is 23.8 Å². The number of nitrogens with one attached hydrogen (secondary N) is 1. The van der Waals surface area contributed by atoms with Crippen LogP contribution in [0, 0.1) is 12.3 Å². The quantitative estimate of drug-likeness (QED) is 0.564. The average Bonchev–Trinajstić information content (AvgIpc) is 3.16. The van der Waals surface area contributed by atoms with Crippen LogP contribution in [0.15, 0.2) is 47.0 Å². The van der Waals surface area contributed by atoms with Crippen molar-refractivity contribution in [2.75, 3.05) is 50.5 Å². The monoisotopic (exact) mass is 455 g/mol. The number of hydrogen-bond donors (Lipinski definition) is 1. The van der Waals surface area contributed by atoms with E-state index in [4.69, 9.17) is 15.1 Å². The van der Waals surface area contributed by atoms with Crippen molar-refractivity contribution in [3.05, 3.63) is 58.8 Å². The SMILES string of the molecule is Cc1ccc2c(c1)N=C(c1cc3nc(N4CCCC4)cc(NCCN(C)C)n3n1)C1(C)C=C1C2. The van der Waals surface area contributed by atoms with Gasteiger partial charge in [-0.3, -0.25) is 0 Å². The van der Waals surface area contributed by atoms with E-state index in [-0.39, 0.29) is 5.41 Å². The molecule has 1 saturated heterocycles. The fourth-order valence-corrected chi connectivity index (χ4v) is 5.18. The lowest BCUT2D eigenvalue weighted by atomic mass is 9.92. The Hall–Kier alpha value is -3.19. The van der Waals surface area contributed by atoms with Crippen LogP contribution in [0.5, 0.6) is 0 Å². The number of allylic oxidation sites excluding steroid dienone is 2. The summed E-state index contributed by atoms with van der Waals surface area (Å²) in [5, 5.41) is 8.66. The molecule has 0 bridgehead atoms. The smallest absolute Gasteiger partial charge is 0.160 e. The maximum absolute atomic E-state index is 5.20. The van der Waals surface area contributed by atoms with E-state index in [1.54, 1.807) is 0 Å². The number of aromatic nitrogens is 3. The van der Waals surface area contributed by atoms with Crippen LogP contribution < -0.4 is 10.2 Å². The molecule has 7 heteroatoms. The van der Waals surface area contributed by atoms with Gasteiger partial charge in [0.1, 0.15) is 17.3 Å². The second-order valence-electron chi connectivity index (χ2n) is 10.4. The van der Waals surface area contributed by atoms with E-state index >= 15 is 0 Å². The number of benzene rings is 1. The van der Waals surface area contributed by atoms with Gasteiger partial charge in [0.05, 0.1) is 16.8 Å². The summed E-state index contributed by atoms with van der Waals surface area (Å²) < 4.78 is 1.96. The zero-order valence-corrected chi connectivity index (χ0v) is 20.6. The minimum absolute atomic E-state index is 0.124. The lowest BCUT2D eigenvalue weighted by Gasteiger charge is -2.19. The Balaban J connectivity index is 1.44. The highest BCUT2D eigenvalue weighted by atomic mass is 15.3. The van der Waals surface area contributed by atoms with E-state index in [0.29, 0.717) is 0 Å². The third-order valence-corrected chi connectivity index (χ3v) is 7.34. The van der Waals surface area contributed by atoms with Crippen LogP contribution in [-0.2, 0) is 6.42 Å². The molecule has 34 heavy (non-hydrogen) atoms. The molecule has 1 atom stereocenters. The van der Waals surface area contributed by atoms with Gasteiger partial charge in [-0.15, -0.1) is 0 Å². The molecule has 4 heterocycles. The van der Waals surface area contributed by atoms with Crippen molar-refractivity contribution in [1.82, 2.24) is 19.5 Å². The third-order valence-electron chi connectivity index (χ3n) is 7.34. The zero-order valence-electron chi connectivity index (χ0n) is 20.6. The van der Waals surface area contributed by atoms with Crippen LogP contribution in [0.25, 0.3) is 5.65 Å². The Labute approximate surface area is 201 Å². The molecule has 7 nitrogen and oxygen atoms in total. The number of nitrogens with zero attached hydrogens (tertiary/aromatic N) is 6. The Bertz CT molecular complexity index is 1330. The van der Waals surface area contributed by atoms with E-state index in [1.165, 1.54) is 29.5 Å². The number of aliphatic imine (C=N–C) groups is 1. The van der Waals surface area contributed by atoms with Gasteiger partial charge in [-0.05, 0) is 64.4 Å². The number of anilines is 2. The third kappa shape index (κ3) is 3.68. The second kappa shape index (κ2) is 7.94. The van der Waals surface area contributed by atoms with E-state index in [9.17, 15) is 0 Å². The molecule has 0 saturated carbocycles. The molecule has 3 aliphatic rings. The van der Waals surface area contributed by atoms with Crippen LogP contribution in [0.2, 0.25) is 0 Å². The normalized spacial score (nSPS) is 21.3. The Morgan fingerprint density at radius 2 is 1.94 bits per heavy atom. The first-order valence-corrected chi connectivity index (χ1v) is 12.4. The summed E-state index contributed by atoms with van der Waals surface area (Å²) in [7, 11) is 4.19. The molecule has 1 aromatic carbocycles. The van der Waals surface area contributed by atoms with Crippen LogP contribution in [0.4, 0.5) is 17.3 Å². The topological polar surface area (TPSA) is 61.1 Å². The highest BCUT2D eigenvalue weighted by Gasteiger charge is 2.46. The van der Waals surface area contributed by atoms with Gasteiger partial charge in [0.15, 0.2) is 5.65 Å². The Morgan fingerprint density at radius 1 is 1.12 bits per heavy atom. The average molecular weight is 456 g/mol. The molecule has 6 rings (SSSR count). The second-order valence-corrected chi connectivity index (χ2v) is 10.4. The first-order chi connectivity index (χ1) is 16.4. The van der Waals surface area contributed by atoms with Gasteiger partial charge in [0.2, 0.25) is 0 Å². The molecule has 3 aromatic rings. The van der Waals surface area contributed by atoms with Crippen LogP contribution in [0.3, 0.4) is 0 Å². The number of likely N-dealkylation sites (N-methyl/N-ethyl adjacent to an activating group) is 1. The fraction of sp³-hybridized carbons (Fsp3) is 0.444. The van der Waals surface area contributed by atoms with Crippen molar-refractivity contribution in [2.45, 2.75) is 33.1 Å². The van der Waals surface area contributed by atoms with Gasteiger partial charge in [0.25, 0.3) is 0 Å². The summed E-state index contributed by atoms with van der Waals surface area (Å²) in [5.74, 6) is 2.02. The maximum Gasteiger partial charge on any atom is 0.160 e. The van der Waals surface area contributed by atoms with Crippen molar-refractivity contribution in [3.63, 3.8) is 0 Å². The molecular formula is C27H33N7.